The van der Waals surface area contributed by atoms with E-state index in [0.717, 1.165) is 4.47 Å². The van der Waals surface area contributed by atoms with Crippen LogP contribution in [0.15, 0.2) is 27.4 Å². The summed E-state index contributed by atoms with van der Waals surface area (Å²) in [6.07, 6.45) is 0. The van der Waals surface area contributed by atoms with E-state index in [1.807, 2.05) is 0 Å². The quantitative estimate of drug-likeness (QED) is 0.890. The molecule has 0 spiro atoms. The van der Waals surface area contributed by atoms with Crippen LogP contribution in [0.3, 0.4) is 0 Å². The number of halogens is 1. The second-order valence-electron chi connectivity index (χ2n) is 3.09. The van der Waals surface area contributed by atoms with Gasteiger partial charge >= 0.3 is 0 Å². The van der Waals surface area contributed by atoms with Crippen molar-refractivity contribution in [3.8, 4) is 0 Å². The lowest BCUT2D eigenvalue weighted by Gasteiger charge is -2.05. The van der Waals surface area contributed by atoms with Gasteiger partial charge in [-0.25, -0.2) is 0 Å². The topological polar surface area (TPSA) is 26.0 Å². The van der Waals surface area contributed by atoms with Gasteiger partial charge in [0.05, 0.1) is 6.04 Å². The van der Waals surface area contributed by atoms with Gasteiger partial charge in [0.25, 0.3) is 0 Å². The van der Waals surface area contributed by atoms with E-state index in [2.05, 4.69) is 45.7 Å². The molecule has 0 saturated heterocycles. The first kappa shape index (κ1) is 10.4. The molecule has 0 aliphatic heterocycles. The molecule has 74 valence electrons. The number of aryl methyl sites for hydroxylation is 1. The van der Waals surface area contributed by atoms with Gasteiger partial charge in [0, 0.05) is 14.2 Å². The van der Waals surface area contributed by atoms with Crippen molar-refractivity contribution in [2.24, 2.45) is 5.73 Å². The summed E-state index contributed by atoms with van der Waals surface area (Å²) in [4.78, 5) is 2.50. The van der Waals surface area contributed by atoms with Crippen molar-refractivity contribution in [3.63, 3.8) is 0 Å². The Morgan fingerprint density at radius 3 is 2.79 bits per heavy atom. The van der Waals surface area contributed by atoms with E-state index in [-0.39, 0.29) is 6.04 Å². The Labute approximate surface area is 99.7 Å². The Morgan fingerprint density at radius 2 is 2.29 bits per heavy atom. The Kier molecular flexibility index (Phi) is 3.07. The lowest BCUT2D eigenvalue weighted by Crippen LogP contribution is -2.08. The average Bonchev–Trinajstić information content (AvgIpc) is 2.76. The fraction of sp³-hybridized carbons (Fsp3) is 0.200. The molecule has 14 heavy (non-hydrogen) atoms. The lowest BCUT2D eigenvalue weighted by molar-refractivity contribution is 0.899. The predicted molar refractivity (Wildman–Crippen MR) is 67.1 cm³/mol. The molecule has 2 heterocycles. The van der Waals surface area contributed by atoms with Crippen molar-refractivity contribution in [1.82, 2.24) is 0 Å². The van der Waals surface area contributed by atoms with Crippen molar-refractivity contribution < 1.29 is 0 Å². The van der Waals surface area contributed by atoms with Crippen LogP contribution in [0, 0.1) is 6.92 Å². The van der Waals surface area contributed by atoms with Crippen LogP contribution >= 0.6 is 38.6 Å². The summed E-state index contributed by atoms with van der Waals surface area (Å²) in [7, 11) is 0. The van der Waals surface area contributed by atoms with Crippen molar-refractivity contribution >= 4 is 38.6 Å². The van der Waals surface area contributed by atoms with E-state index in [1.165, 1.54) is 15.3 Å². The molecule has 2 N–H and O–H groups in total. The molecule has 0 bridgehead atoms. The highest BCUT2D eigenvalue weighted by atomic mass is 79.9. The SMILES string of the molecule is Cc1sc(C(N)c2ccsc2)cc1Br. The van der Waals surface area contributed by atoms with Gasteiger partial charge in [-0.1, -0.05) is 0 Å². The zero-order valence-corrected chi connectivity index (χ0v) is 10.9. The maximum Gasteiger partial charge on any atom is 0.0654 e. The van der Waals surface area contributed by atoms with E-state index in [4.69, 9.17) is 5.73 Å². The van der Waals surface area contributed by atoms with Crippen molar-refractivity contribution in [1.29, 1.82) is 0 Å². The van der Waals surface area contributed by atoms with Gasteiger partial charge in [-0.15, -0.1) is 11.3 Å². The molecule has 2 aromatic rings. The summed E-state index contributed by atoms with van der Waals surface area (Å²) in [6.45, 7) is 2.10. The molecule has 0 fully saturated rings. The second kappa shape index (κ2) is 4.14. The van der Waals surface area contributed by atoms with E-state index < -0.39 is 0 Å². The molecule has 2 aromatic heterocycles. The largest absolute Gasteiger partial charge is 0.320 e. The van der Waals surface area contributed by atoms with Crippen molar-refractivity contribution in [2.75, 3.05) is 0 Å². The monoisotopic (exact) mass is 287 g/mol. The smallest absolute Gasteiger partial charge is 0.0654 e. The molecule has 1 unspecified atom stereocenters. The number of rotatable bonds is 2. The molecule has 4 heteroatoms. The van der Waals surface area contributed by atoms with Gasteiger partial charge in [-0.05, 0) is 51.3 Å². The van der Waals surface area contributed by atoms with Gasteiger partial charge < -0.3 is 5.73 Å². The zero-order chi connectivity index (χ0) is 10.1. The second-order valence-corrected chi connectivity index (χ2v) is 6.01. The van der Waals surface area contributed by atoms with Gasteiger partial charge in [0.2, 0.25) is 0 Å². The van der Waals surface area contributed by atoms with Crippen molar-refractivity contribution in [3.05, 3.63) is 42.7 Å². The average molecular weight is 288 g/mol. The standard InChI is InChI=1S/C10H10BrNS2/c1-6-8(11)4-9(14-6)10(12)7-2-3-13-5-7/h2-5,10H,12H2,1H3. The van der Waals surface area contributed by atoms with E-state index >= 15 is 0 Å². The van der Waals surface area contributed by atoms with Crippen LogP contribution in [0.1, 0.15) is 21.4 Å². The molecule has 0 aromatic carbocycles. The first-order valence-electron chi connectivity index (χ1n) is 4.22. The van der Waals surface area contributed by atoms with Crippen LogP contribution in [0.25, 0.3) is 0 Å². The highest BCUT2D eigenvalue weighted by Gasteiger charge is 2.13. The Balaban J connectivity index is 2.32. The summed E-state index contributed by atoms with van der Waals surface area (Å²) < 4.78 is 1.16. The molecule has 0 aliphatic carbocycles. The third kappa shape index (κ3) is 1.93. The highest BCUT2D eigenvalue weighted by molar-refractivity contribution is 9.10. The van der Waals surface area contributed by atoms with Crippen LogP contribution in [-0.4, -0.2) is 0 Å². The van der Waals surface area contributed by atoms with E-state index in [1.54, 1.807) is 22.7 Å². The fourth-order valence-corrected chi connectivity index (χ4v) is 3.54. The highest BCUT2D eigenvalue weighted by Crippen LogP contribution is 2.32. The normalized spacial score (nSPS) is 13.1. The summed E-state index contributed by atoms with van der Waals surface area (Å²) in [5, 5.41) is 4.17. The maximum atomic E-state index is 6.14. The third-order valence-corrected chi connectivity index (χ3v) is 5.01. The van der Waals surface area contributed by atoms with Crippen LogP contribution in [0.5, 0.6) is 0 Å². The lowest BCUT2D eigenvalue weighted by atomic mass is 10.1. The predicted octanol–water partition coefficient (Wildman–Crippen LogP) is 3.93. The number of nitrogens with two attached hydrogens (primary N) is 1. The number of hydrogen-bond acceptors (Lipinski definition) is 3. The molecule has 1 nitrogen and oxygen atoms in total. The molecular formula is C10H10BrNS2. The zero-order valence-electron chi connectivity index (χ0n) is 7.66. The van der Waals surface area contributed by atoms with Gasteiger partial charge in [0.1, 0.15) is 0 Å². The first-order valence-corrected chi connectivity index (χ1v) is 6.77. The molecule has 0 aliphatic rings. The molecule has 0 amide bonds. The third-order valence-electron chi connectivity index (χ3n) is 2.09. The van der Waals surface area contributed by atoms with Gasteiger partial charge in [-0.3, -0.25) is 0 Å². The maximum absolute atomic E-state index is 6.14. The molecule has 2 rings (SSSR count). The van der Waals surface area contributed by atoms with Crippen LogP contribution < -0.4 is 5.73 Å². The van der Waals surface area contributed by atoms with Crippen molar-refractivity contribution in [2.45, 2.75) is 13.0 Å². The van der Waals surface area contributed by atoms with Crippen LogP contribution in [0.4, 0.5) is 0 Å². The summed E-state index contributed by atoms with van der Waals surface area (Å²) in [5.41, 5.74) is 7.34. The minimum atomic E-state index is 0.0243. The Hall–Kier alpha value is -0.160. The fourth-order valence-electron chi connectivity index (χ4n) is 1.25. The number of hydrogen-bond donors (Lipinski definition) is 1. The number of thiophene rings is 2. The first-order chi connectivity index (χ1) is 6.68. The molecule has 0 saturated carbocycles. The van der Waals surface area contributed by atoms with Gasteiger partial charge in [-0.2, -0.15) is 11.3 Å². The summed E-state index contributed by atoms with van der Waals surface area (Å²) in [6, 6.07) is 4.22. The van der Waals surface area contributed by atoms with Crippen LogP contribution in [-0.2, 0) is 0 Å². The molecule has 1 atom stereocenters. The van der Waals surface area contributed by atoms with E-state index in [0.29, 0.717) is 0 Å². The molecular weight excluding hydrogens is 278 g/mol. The minimum absolute atomic E-state index is 0.0243. The van der Waals surface area contributed by atoms with E-state index in [9.17, 15) is 0 Å². The Bertz CT molecular complexity index is 400. The van der Waals surface area contributed by atoms with Crippen LogP contribution in [0.2, 0.25) is 0 Å². The molecule has 0 radical (unpaired) electrons. The minimum Gasteiger partial charge on any atom is -0.320 e. The summed E-state index contributed by atoms with van der Waals surface area (Å²) >= 11 is 6.95. The summed E-state index contributed by atoms with van der Waals surface area (Å²) in [5.74, 6) is 0. The Morgan fingerprint density at radius 1 is 1.50 bits per heavy atom. The van der Waals surface area contributed by atoms with Gasteiger partial charge in [0.15, 0.2) is 0 Å².